The molecule has 0 bridgehead atoms. The highest BCUT2D eigenvalue weighted by molar-refractivity contribution is 7.17. The number of aromatic nitrogens is 2. The van der Waals surface area contributed by atoms with Crippen LogP contribution in [0.1, 0.15) is 72.7 Å². The lowest BCUT2D eigenvalue weighted by atomic mass is 9.89. The van der Waals surface area contributed by atoms with Crippen LogP contribution in [0.15, 0.2) is 18.2 Å². The Bertz CT molecular complexity index is 988. The molecule has 26 heavy (non-hydrogen) atoms. The lowest BCUT2D eigenvalue weighted by Gasteiger charge is -2.18. The highest BCUT2D eigenvalue weighted by Gasteiger charge is 2.27. The second-order valence-corrected chi connectivity index (χ2v) is 9.31. The Kier molecular flexibility index (Phi) is 4.26. The molecule has 1 aliphatic carbocycles. The molecule has 4 rings (SSSR count). The van der Waals surface area contributed by atoms with E-state index < -0.39 is 0 Å². The number of thiazole rings is 1. The standard InChI is InChI=1S/C22H26N2OS/c1-5-18-19(16-11-10-14-8-6-7-9-15(14)12-16)24-17(13-25)20(22(2,3)4)23-21(24)26-18/h10-13H,5-9H2,1-4H3. The minimum atomic E-state index is -0.151. The molecular formula is C22H26N2OS. The summed E-state index contributed by atoms with van der Waals surface area (Å²) in [6, 6.07) is 6.87. The molecule has 0 N–H and O–H groups in total. The molecule has 0 spiro atoms. The molecule has 0 fully saturated rings. The average molecular weight is 367 g/mol. The molecule has 1 aromatic carbocycles. The number of rotatable bonds is 3. The molecule has 0 saturated carbocycles. The summed E-state index contributed by atoms with van der Waals surface area (Å²) in [6.07, 6.45) is 6.85. The van der Waals surface area contributed by atoms with Crippen molar-refractivity contribution in [2.75, 3.05) is 0 Å². The van der Waals surface area contributed by atoms with Crippen LogP contribution in [-0.4, -0.2) is 15.7 Å². The maximum atomic E-state index is 12.0. The van der Waals surface area contributed by atoms with Crippen molar-refractivity contribution in [3.8, 4) is 11.3 Å². The first-order valence-corrected chi connectivity index (χ1v) is 10.4. The molecule has 4 heteroatoms. The molecule has 0 atom stereocenters. The van der Waals surface area contributed by atoms with E-state index in [9.17, 15) is 4.79 Å². The molecule has 0 aliphatic heterocycles. The van der Waals surface area contributed by atoms with Crippen molar-refractivity contribution >= 4 is 22.6 Å². The van der Waals surface area contributed by atoms with Crippen molar-refractivity contribution in [1.29, 1.82) is 0 Å². The fraction of sp³-hybridized carbons (Fsp3) is 0.455. The summed E-state index contributed by atoms with van der Waals surface area (Å²) in [5, 5.41) is 0. The van der Waals surface area contributed by atoms with Gasteiger partial charge in [0.05, 0.1) is 11.4 Å². The van der Waals surface area contributed by atoms with Gasteiger partial charge in [-0.25, -0.2) is 4.98 Å². The van der Waals surface area contributed by atoms with E-state index >= 15 is 0 Å². The summed E-state index contributed by atoms with van der Waals surface area (Å²) in [5.41, 5.74) is 6.78. The van der Waals surface area contributed by atoms with Crippen molar-refractivity contribution in [2.45, 2.75) is 65.2 Å². The summed E-state index contributed by atoms with van der Waals surface area (Å²) in [4.78, 5) is 19.1. The normalized spacial score (nSPS) is 14.6. The Labute approximate surface area is 159 Å². The number of aldehydes is 1. The van der Waals surface area contributed by atoms with Crippen LogP contribution in [0.5, 0.6) is 0 Å². The Hall–Kier alpha value is -1.94. The van der Waals surface area contributed by atoms with Crippen LogP contribution in [0.4, 0.5) is 0 Å². The minimum absolute atomic E-state index is 0.151. The number of carbonyl (C=O) groups is 1. The Morgan fingerprint density at radius 3 is 2.58 bits per heavy atom. The number of fused-ring (bicyclic) bond motifs is 2. The number of carbonyl (C=O) groups excluding carboxylic acids is 1. The second kappa shape index (κ2) is 6.34. The van der Waals surface area contributed by atoms with Gasteiger partial charge in [0.25, 0.3) is 0 Å². The van der Waals surface area contributed by atoms with Crippen LogP contribution in [-0.2, 0) is 24.7 Å². The lowest BCUT2D eigenvalue weighted by Crippen LogP contribution is -2.15. The van der Waals surface area contributed by atoms with E-state index in [1.54, 1.807) is 11.3 Å². The van der Waals surface area contributed by atoms with Crippen LogP contribution in [0.3, 0.4) is 0 Å². The molecule has 2 heterocycles. The number of hydrogen-bond acceptors (Lipinski definition) is 3. The van der Waals surface area contributed by atoms with Gasteiger partial charge in [-0.1, -0.05) is 39.8 Å². The van der Waals surface area contributed by atoms with Gasteiger partial charge in [-0.15, -0.1) is 11.3 Å². The maximum absolute atomic E-state index is 12.0. The molecule has 0 radical (unpaired) electrons. The molecule has 0 saturated heterocycles. The molecule has 1 aliphatic rings. The third-order valence-electron chi connectivity index (χ3n) is 5.35. The van der Waals surface area contributed by atoms with Crippen molar-refractivity contribution in [2.24, 2.45) is 0 Å². The highest BCUT2D eigenvalue weighted by Crippen LogP contribution is 2.38. The summed E-state index contributed by atoms with van der Waals surface area (Å²) in [6.45, 7) is 8.53. The van der Waals surface area contributed by atoms with Crippen LogP contribution in [0.2, 0.25) is 0 Å². The Balaban J connectivity index is 1.99. The lowest BCUT2D eigenvalue weighted by molar-refractivity contribution is 0.111. The average Bonchev–Trinajstić information content (AvgIpc) is 3.16. The second-order valence-electron chi connectivity index (χ2n) is 8.25. The van der Waals surface area contributed by atoms with E-state index in [4.69, 9.17) is 4.98 Å². The third kappa shape index (κ3) is 2.71. The van der Waals surface area contributed by atoms with Gasteiger partial charge < -0.3 is 0 Å². The van der Waals surface area contributed by atoms with E-state index in [-0.39, 0.29) is 5.41 Å². The fourth-order valence-electron chi connectivity index (χ4n) is 4.05. The van der Waals surface area contributed by atoms with Crippen molar-refractivity contribution in [3.05, 3.63) is 45.6 Å². The molecule has 2 aromatic heterocycles. The zero-order chi connectivity index (χ0) is 18.5. The van der Waals surface area contributed by atoms with Gasteiger partial charge in [-0.3, -0.25) is 9.20 Å². The van der Waals surface area contributed by atoms with E-state index in [1.807, 2.05) is 0 Å². The van der Waals surface area contributed by atoms with Crippen molar-refractivity contribution in [1.82, 2.24) is 9.38 Å². The largest absolute Gasteiger partial charge is 0.296 e. The Morgan fingerprint density at radius 2 is 1.92 bits per heavy atom. The zero-order valence-corrected chi connectivity index (χ0v) is 16.9. The van der Waals surface area contributed by atoms with Gasteiger partial charge in [0, 0.05) is 10.3 Å². The van der Waals surface area contributed by atoms with E-state index in [1.165, 1.54) is 40.8 Å². The van der Waals surface area contributed by atoms with Gasteiger partial charge in [-0.2, -0.15) is 0 Å². The summed E-state index contributed by atoms with van der Waals surface area (Å²) in [7, 11) is 0. The number of imidazole rings is 1. The SMILES string of the molecule is CCc1sc2nc(C(C)(C)C)c(C=O)n2c1-c1ccc2c(c1)CCCC2. The first-order valence-electron chi connectivity index (χ1n) is 9.56. The first-order chi connectivity index (χ1) is 12.4. The molecule has 0 amide bonds. The maximum Gasteiger partial charge on any atom is 0.195 e. The number of hydrogen-bond donors (Lipinski definition) is 0. The van der Waals surface area contributed by atoms with Crippen molar-refractivity contribution in [3.63, 3.8) is 0 Å². The van der Waals surface area contributed by atoms with Gasteiger partial charge in [0.1, 0.15) is 5.69 Å². The van der Waals surface area contributed by atoms with Crippen LogP contribution >= 0.6 is 11.3 Å². The Morgan fingerprint density at radius 1 is 1.19 bits per heavy atom. The van der Waals surface area contributed by atoms with Gasteiger partial charge in [0.15, 0.2) is 11.2 Å². The topological polar surface area (TPSA) is 34.4 Å². The van der Waals surface area contributed by atoms with Crippen LogP contribution in [0, 0.1) is 0 Å². The summed E-state index contributed by atoms with van der Waals surface area (Å²) in [5.74, 6) is 0. The quantitative estimate of drug-likeness (QED) is 0.564. The van der Waals surface area contributed by atoms with E-state index in [0.717, 1.165) is 35.5 Å². The predicted octanol–water partition coefficient (Wildman–Crippen LogP) is 5.61. The monoisotopic (exact) mass is 366 g/mol. The molecule has 3 aromatic rings. The molecular weight excluding hydrogens is 340 g/mol. The zero-order valence-electron chi connectivity index (χ0n) is 16.1. The van der Waals surface area contributed by atoms with Crippen LogP contribution < -0.4 is 0 Å². The molecule has 0 unspecified atom stereocenters. The predicted molar refractivity (Wildman–Crippen MR) is 109 cm³/mol. The van der Waals surface area contributed by atoms with Gasteiger partial charge >= 0.3 is 0 Å². The van der Waals surface area contributed by atoms with Crippen LogP contribution in [0.25, 0.3) is 16.2 Å². The summed E-state index contributed by atoms with van der Waals surface area (Å²) >= 11 is 1.72. The fourth-order valence-corrected chi connectivity index (χ4v) is 5.14. The van der Waals surface area contributed by atoms with E-state index in [0.29, 0.717) is 5.69 Å². The number of nitrogens with zero attached hydrogens (tertiary/aromatic N) is 2. The van der Waals surface area contributed by atoms with Crippen molar-refractivity contribution < 1.29 is 4.79 Å². The first kappa shape index (κ1) is 17.5. The number of benzene rings is 1. The highest BCUT2D eigenvalue weighted by atomic mass is 32.1. The molecule has 136 valence electrons. The van der Waals surface area contributed by atoms with E-state index in [2.05, 4.69) is 50.3 Å². The van der Waals surface area contributed by atoms with Gasteiger partial charge in [-0.05, 0) is 54.9 Å². The minimum Gasteiger partial charge on any atom is -0.296 e. The summed E-state index contributed by atoms with van der Waals surface area (Å²) < 4.78 is 2.10. The number of aryl methyl sites for hydroxylation is 3. The third-order valence-corrected chi connectivity index (χ3v) is 6.53. The van der Waals surface area contributed by atoms with Gasteiger partial charge in [0.2, 0.25) is 0 Å². The molecule has 3 nitrogen and oxygen atoms in total. The smallest absolute Gasteiger partial charge is 0.195 e.